The predicted octanol–water partition coefficient (Wildman–Crippen LogP) is 1.64. The van der Waals surface area contributed by atoms with Gasteiger partial charge in [-0.3, -0.25) is 9.80 Å². The first-order valence-corrected chi connectivity index (χ1v) is 5.83. The second-order valence-corrected chi connectivity index (χ2v) is 4.20. The zero-order valence-electron chi connectivity index (χ0n) is 8.80. The van der Waals surface area contributed by atoms with Crippen molar-refractivity contribution in [3.63, 3.8) is 0 Å². The van der Waals surface area contributed by atoms with Gasteiger partial charge in [0.15, 0.2) is 0 Å². The molecule has 3 heteroatoms. The van der Waals surface area contributed by atoms with Gasteiger partial charge in [-0.15, -0.1) is 11.6 Å². The Bertz CT molecular complexity index is 133. The van der Waals surface area contributed by atoms with Gasteiger partial charge in [-0.05, 0) is 13.3 Å². The van der Waals surface area contributed by atoms with Gasteiger partial charge < -0.3 is 0 Å². The molecule has 0 aromatic heterocycles. The molecule has 0 N–H and O–H groups in total. The second-order valence-electron chi connectivity index (χ2n) is 3.82. The predicted molar refractivity (Wildman–Crippen MR) is 58.5 cm³/mol. The number of nitrogens with zero attached hydrogens (tertiary/aromatic N) is 2. The van der Waals surface area contributed by atoms with Gasteiger partial charge in [-0.1, -0.05) is 6.92 Å². The zero-order valence-corrected chi connectivity index (χ0v) is 9.56. The molecule has 1 saturated heterocycles. The molecule has 1 unspecified atom stereocenters. The number of hydrogen-bond acceptors (Lipinski definition) is 2. The van der Waals surface area contributed by atoms with Crippen LogP contribution in [0.15, 0.2) is 0 Å². The van der Waals surface area contributed by atoms with Gasteiger partial charge in [0, 0.05) is 44.6 Å². The Balaban J connectivity index is 2.22. The van der Waals surface area contributed by atoms with Gasteiger partial charge in [0.05, 0.1) is 0 Å². The Morgan fingerprint density at radius 1 is 1.23 bits per heavy atom. The lowest BCUT2D eigenvalue weighted by Gasteiger charge is -2.37. The molecule has 0 aromatic rings. The topological polar surface area (TPSA) is 6.48 Å². The standard InChI is InChI=1S/C10H21ClN2/c1-3-10(2)13-8-6-12(5-4-11)7-9-13/h10H,3-9H2,1-2H3. The van der Waals surface area contributed by atoms with Crippen molar-refractivity contribution in [1.82, 2.24) is 9.80 Å². The van der Waals surface area contributed by atoms with Crippen molar-refractivity contribution >= 4 is 11.6 Å². The largest absolute Gasteiger partial charge is 0.300 e. The van der Waals surface area contributed by atoms with Gasteiger partial charge in [-0.2, -0.15) is 0 Å². The highest BCUT2D eigenvalue weighted by atomic mass is 35.5. The molecule has 1 aliphatic heterocycles. The van der Waals surface area contributed by atoms with E-state index in [-0.39, 0.29) is 0 Å². The third kappa shape index (κ3) is 3.45. The van der Waals surface area contributed by atoms with E-state index in [9.17, 15) is 0 Å². The quantitative estimate of drug-likeness (QED) is 0.643. The summed E-state index contributed by atoms with van der Waals surface area (Å²) >= 11 is 5.71. The molecule has 78 valence electrons. The normalized spacial score (nSPS) is 23.3. The minimum atomic E-state index is 0.748. The van der Waals surface area contributed by atoms with Gasteiger partial charge in [0.1, 0.15) is 0 Å². The summed E-state index contributed by atoms with van der Waals surface area (Å²) in [5, 5.41) is 0. The lowest BCUT2D eigenvalue weighted by atomic mass is 10.2. The third-order valence-electron chi connectivity index (χ3n) is 3.02. The minimum absolute atomic E-state index is 0.748. The first-order valence-electron chi connectivity index (χ1n) is 5.30. The highest BCUT2D eigenvalue weighted by Crippen LogP contribution is 2.08. The van der Waals surface area contributed by atoms with E-state index in [1.165, 1.54) is 32.6 Å². The second kappa shape index (κ2) is 5.84. The third-order valence-corrected chi connectivity index (χ3v) is 3.19. The summed E-state index contributed by atoms with van der Waals surface area (Å²) in [7, 11) is 0. The fourth-order valence-corrected chi connectivity index (χ4v) is 2.04. The van der Waals surface area contributed by atoms with E-state index >= 15 is 0 Å². The zero-order chi connectivity index (χ0) is 9.68. The van der Waals surface area contributed by atoms with E-state index in [2.05, 4.69) is 23.6 Å². The Hall–Kier alpha value is 0.210. The maximum atomic E-state index is 5.71. The smallest absolute Gasteiger partial charge is 0.0351 e. The summed E-state index contributed by atoms with van der Waals surface area (Å²) in [6, 6.07) is 0.748. The lowest BCUT2D eigenvalue weighted by molar-refractivity contribution is 0.105. The molecule has 0 saturated carbocycles. The Kier molecular flexibility index (Phi) is 5.07. The highest BCUT2D eigenvalue weighted by Gasteiger charge is 2.18. The summed E-state index contributed by atoms with van der Waals surface area (Å²) in [5.41, 5.74) is 0. The van der Waals surface area contributed by atoms with Crippen molar-refractivity contribution in [3.05, 3.63) is 0 Å². The van der Waals surface area contributed by atoms with Crippen molar-refractivity contribution in [2.24, 2.45) is 0 Å². The Morgan fingerprint density at radius 2 is 1.85 bits per heavy atom. The van der Waals surface area contributed by atoms with Crippen LogP contribution in [0.1, 0.15) is 20.3 Å². The van der Waals surface area contributed by atoms with Gasteiger partial charge in [0.2, 0.25) is 0 Å². The van der Waals surface area contributed by atoms with Crippen LogP contribution in [0.3, 0.4) is 0 Å². The average molecular weight is 205 g/mol. The maximum absolute atomic E-state index is 5.71. The molecular weight excluding hydrogens is 184 g/mol. The van der Waals surface area contributed by atoms with Crippen molar-refractivity contribution in [3.8, 4) is 0 Å². The molecule has 0 aromatic carbocycles. The Labute approximate surface area is 86.8 Å². The summed E-state index contributed by atoms with van der Waals surface area (Å²) < 4.78 is 0. The number of piperazine rings is 1. The van der Waals surface area contributed by atoms with Crippen molar-refractivity contribution in [2.45, 2.75) is 26.3 Å². The first-order chi connectivity index (χ1) is 6.27. The van der Waals surface area contributed by atoms with E-state index in [0.717, 1.165) is 18.5 Å². The summed E-state index contributed by atoms with van der Waals surface area (Å²) in [6.07, 6.45) is 1.26. The van der Waals surface area contributed by atoms with Crippen LogP contribution in [0.25, 0.3) is 0 Å². The molecule has 0 bridgehead atoms. The van der Waals surface area contributed by atoms with E-state index in [1.54, 1.807) is 0 Å². The summed E-state index contributed by atoms with van der Waals surface area (Å²) in [4.78, 5) is 5.02. The van der Waals surface area contributed by atoms with E-state index in [4.69, 9.17) is 11.6 Å². The first kappa shape index (κ1) is 11.3. The molecule has 2 nitrogen and oxygen atoms in total. The van der Waals surface area contributed by atoms with Crippen LogP contribution >= 0.6 is 11.6 Å². The maximum Gasteiger partial charge on any atom is 0.0351 e. The molecule has 1 aliphatic rings. The molecule has 0 radical (unpaired) electrons. The summed E-state index contributed by atoms with van der Waals surface area (Å²) in [5.74, 6) is 0.767. The van der Waals surface area contributed by atoms with Crippen LogP contribution in [0.2, 0.25) is 0 Å². The fraction of sp³-hybridized carbons (Fsp3) is 1.00. The van der Waals surface area contributed by atoms with Gasteiger partial charge in [-0.25, -0.2) is 0 Å². The number of alkyl halides is 1. The van der Waals surface area contributed by atoms with Gasteiger partial charge >= 0.3 is 0 Å². The molecule has 1 atom stereocenters. The van der Waals surface area contributed by atoms with Crippen LogP contribution in [-0.4, -0.2) is 54.4 Å². The summed E-state index contributed by atoms with van der Waals surface area (Å²) in [6.45, 7) is 10.4. The molecule has 0 aliphatic carbocycles. The average Bonchev–Trinajstić information content (AvgIpc) is 2.18. The van der Waals surface area contributed by atoms with E-state index in [0.29, 0.717) is 0 Å². The number of halogens is 1. The van der Waals surface area contributed by atoms with Crippen molar-refractivity contribution < 1.29 is 0 Å². The highest BCUT2D eigenvalue weighted by molar-refractivity contribution is 6.18. The van der Waals surface area contributed by atoms with Crippen LogP contribution in [0, 0.1) is 0 Å². The lowest BCUT2D eigenvalue weighted by Crippen LogP contribution is -2.49. The molecule has 1 rings (SSSR count). The van der Waals surface area contributed by atoms with Crippen molar-refractivity contribution in [1.29, 1.82) is 0 Å². The number of rotatable bonds is 4. The molecule has 0 amide bonds. The van der Waals surface area contributed by atoms with Crippen LogP contribution in [-0.2, 0) is 0 Å². The van der Waals surface area contributed by atoms with Gasteiger partial charge in [0.25, 0.3) is 0 Å². The molecule has 0 spiro atoms. The number of hydrogen-bond donors (Lipinski definition) is 0. The Morgan fingerprint density at radius 3 is 2.31 bits per heavy atom. The minimum Gasteiger partial charge on any atom is -0.300 e. The molecular formula is C10H21ClN2. The molecule has 13 heavy (non-hydrogen) atoms. The van der Waals surface area contributed by atoms with E-state index < -0.39 is 0 Å². The van der Waals surface area contributed by atoms with Crippen molar-refractivity contribution in [2.75, 3.05) is 38.6 Å². The van der Waals surface area contributed by atoms with Crippen LogP contribution in [0.5, 0.6) is 0 Å². The molecule has 1 heterocycles. The SMILES string of the molecule is CCC(C)N1CCN(CCCl)CC1. The van der Waals surface area contributed by atoms with Crippen LogP contribution in [0.4, 0.5) is 0 Å². The van der Waals surface area contributed by atoms with Crippen LogP contribution < -0.4 is 0 Å². The monoisotopic (exact) mass is 204 g/mol. The fourth-order valence-electron chi connectivity index (χ4n) is 1.81. The molecule has 1 fully saturated rings. The van der Waals surface area contributed by atoms with E-state index in [1.807, 2.05) is 0 Å².